The lowest BCUT2D eigenvalue weighted by atomic mass is 10.2. The Morgan fingerprint density at radius 1 is 1.18 bits per heavy atom. The maximum absolute atomic E-state index is 11.9. The summed E-state index contributed by atoms with van der Waals surface area (Å²) in [5.74, 6) is 0. The highest BCUT2D eigenvalue weighted by Gasteiger charge is 2.24. The molecule has 2 rings (SSSR count). The molecule has 0 aliphatic carbocycles. The second-order valence-electron chi connectivity index (χ2n) is 4.06. The van der Waals surface area contributed by atoms with Crippen LogP contribution in [0.2, 0.25) is 0 Å². The van der Waals surface area contributed by atoms with E-state index in [1.807, 2.05) is 24.3 Å². The molecule has 0 aromatic heterocycles. The molecule has 1 aliphatic heterocycles. The predicted molar refractivity (Wildman–Crippen MR) is 70.7 cm³/mol. The van der Waals surface area contributed by atoms with Crippen molar-refractivity contribution in [2.75, 3.05) is 13.1 Å². The molecule has 1 aromatic carbocycles. The van der Waals surface area contributed by atoms with E-state index in [9.17, 15) is 8.42 Å². The van der Waals surface area contributed by atoms with Crippen LogP contribution in [0.1, 0.15) is 18.4 Å². The fourth-order valence-corrected chi connectivity index (χ4v) is 3.33. The van der Waals surface area contributed by atoms with Gasteiger partial charge >= 0.3 is 0 Å². The Morgan fingerprint density at radius 3 is 2.35 bits per heavy atom. The Labute approximate surface area is 110 Å². The third-order valence-electron chi connectivity index (χ3n) is 2.78. The van der Waals surface area contributed by atoms with Crippen molar-refractivity contribution < 1.29 is 8.42 Å². The molecule has 1 aromatic rings. The van der Waals surface area contributed by atoms with Gasteiger partial charge in [0.2, 0.25) is 0 Å². The van der Waals surface area contributed by atoms with E-state index in [-0.39, 0.29) is 0 Å². The first-order valence-corrected chi connectivity index (χ1v) is 7.80. The molecule has 1 heterocycles. The molecule has 0 spiro atoms. The summed E-state index contributed by atoms with van der Waals surface area (Å²) in [5, 5.41) is 0. The average Bonchev–Trinajstić information content (AvgIpc) is 2.82. The molecule has 0 saturated carbocycles. The number of hydrogen-bond acceptors (Lipinski definition) is 2. The van der Waals surface area contributed by atoms with Crippen molar-refractivity contribution in [3.63, 3.8) is 0 Å². The van der Waals surface area contributed by atoms with Crippen molar-refractivity contribution in [3.05, 3.63) is 34.3 Å². The normalized spacial score (nSPS) is 17.5. The van der Waals surface area contributed by atoms with Gasteiger partial charge in [-0.15, -0.1) is 0 Å². The number of rotatable bonds is 4. The van der Waals surface area contributed by atoms with Crippen LogP contribution >= 0.6 is 15.9 Å². The average molecular weight is 319 g/mol. The van der Waals surface area contributed by atoms with Crippen molar-refractivity contribution in [1.29, 1.82) is 0 Å². The van der Waals surface area contributed by atoms with Gasteiger partial charge < -0.3 is 0 Å². The van der Waals surface area contributed by atoms with Gasteiger partial charge in [-0.1, -0.05) is 28.1 Å². The summed E-state index contributed by atoms with van der Waals surface area (Å²) in [4.78, 5) is 0. The smallest absolute Gasteiger partial charge is 0.198 e. The van der Waals surface area contributed by atoms with Crippen LogP contribution < -0.4 is 4.72 Å². The lowest BCUT2D eigenvalue weighted by Crippen LogP contribution is -2.38. The van der Waals surface area contributed by atoms with Gasteiger partial charge in [0.15, 0.2) is 0 Å². The van der Waals surface area contributed by atoms with Crippen molar-refractivity contribution >= 4 is 26.1 Å². The molecule has 1 N–H and O–H groups in total. The van der Waals surface area contributed by atoms with E-state index in [0.29, 0.717) is 19.6 Å². The Kier molecular flexibility index (Phi) is 4.19. The largest absolute Gasteiger partial charge is 0.279 e. The molecular weight excluding hydrogens is 304 g/mol. The summed E-state index contributed by atoms with van der Waals surface area (Å²) in [6.07, 6.45) is 1.92. The van der Waals surface area contributed by atoms with Crippen LogP contribution in [-0.2, 0) is 16.8 Å². The highest BCUT2D eigenvalue weighted by molar-refractivity contribution is 9.10. The zero-order chi connectivity index (χ0) is 12.3. The first-order chi connectivity index (χ1) is 8.08. The Morgan fingerprint density at radius 2 is 1.76 bits per heavy atom. The van der Waals surface area contributed by atoms with Gasteiger partial charge in [0, 0.05) is 24.1 Å². The lowest BCUT2D eigenvalue weighted by molar-refractivity contribution is 0.464. The lowest BCUT2D eigenvalue weighted by Gasteiger charge is -2.16. The molecule has 17 heavy (non-hydrogen) atoms. The second kappa shape index (κ2) is 5.48. The van der Waals surface area contributed by atoms with E-state index in [4.69, 9.17) is 0 Å². The minimum atomic E-state index is -3.30. The number of benzene rings is 1. The number of nitrogens with zero attached hydrogens (tertiary/aromatic N) is 1. The molecule has 94 valence electrons. The zero-order valence-electron chi connectivity index (χ0n) is 9.39. The predicted octanol–water partition coefficient (Wildman–Crippen LogP) is 1.88. The maximum Gasteiger partial charge on any atom is 0.279 e. The molecule has 1 fully saturated rings. The summed E-state index contributed by atoms with van der Waals surface area (Å²) in [5.41, 5.74) is 0.955. The Hall–Kier alpha value is -0.430. The van der Waals surface area contributed by atoms with Crippen LogP contribution in [0.4, 0.5) is 0 Å². The van der Waals surface area contributed by atoms with E-state index < -0.39 is 10.2 Å². The fourth-order valence-electron chi connectivity index (χ4n) is 1.80. The maximum atomic E-state index is 11.9. The molecule has 1 saturated heterocycles. The van der Waals surface area contributed by atoms with Gasteiger partial charge in [-0.05, 0) is 30.5 Å². The molecule has 0 radical (unpaired) electrons. The van der Waals surface area contributed by atoms with Crippen molar-refractivity contribution in [2.24, 2.45) is 0 Å². The molecular formula is C11H15BrN2O2S. The molecule has 4 nitrogen and oxygen atoms in total. The highest BCUT2D eigenvalue weighted by atomic mass is 79.9. The van der Waals surface area contributed by atoms with Crippen molar-refractivity contribution in [1.82, 2.24) is 9.03 Å². The minimum absolute atomic E-state index is 0.339. The van der Waals surface area contributed by atoms with Crippen LogP contribution in [0.15, 0.2) is 28.7 Å². The van der Waals surface area contributed by atoms with Crippen molar-refractivity contribution in [2.45, 2.75) is 19.4 Å². The van der Waals surface area contributed by atoms with Gasteiger partial charge in [0.25, 0.3) is 10.2 Å². The fraction of sp³-hybridized carbons (Fsp3) is 0.455. The van der Waals surface area contributed by atoms with E-state index in [1.54, 1.807) is 0 Å². The minimum Gasteiger partial charge on any atom is -0.198 e. The third-order valence-corrected chi connectivity index (χ3v) is 4.86. The van der Waals surface area contributed by atoms with Crippen molar-refractivity contribution in [3.8, 4) is 0 Å². The summed E-state index contributed by atoms with van der Waals surface area (Å²) >= 11 is 3.34. The van der Waals surface area contributed by atoms with E-state index in [0.717, 1.165) is 22.9 Å². The summed E-state index contributed by atoms with van der Waals surface area (Å²) < 4.78 is 28.9. The number of hydrogen-bond donors (Lipinski definition) is 1. The van der Waals surface area contributed by atoms with Gasteiger partial charge in [-0.3, -0.25) is 0 Å². The molecule has 1 aliphatic rings. The standard InChI is InChI=1S/C11H15BrN2O2S/c12-11-5-3-10(4-6-11)9-13-17(15,16)14-7-1-2-8-14/h3-6,13H,1-2,7-9H2. The van der Waals surface area contributed by atoms with Crippen LogP contribution in [0.25, 0.3) is 0 Å². The zero-order valence-corrected chi connectivity index (χ0v) is 11.8. The van der Waals surface area contributed by atoms with Crippen LogP contribution in [0.3, 0.4) is 0 Å². The van der Waals surface area contributed by atoms with E-state index >= 15 is 0 Å². The summed E-state index contributed by atoms with van der Waals surface area (Å²) in [6.45, 7) is 1.61. The molecule has 6 heteroatoms. The van der Waals surface area contributed by atoms with Gasteiger partial charge in [-0.2, -0.15) is 17.4 Å². The van der Waals surface area contributed by atoms with Crippen LogP contribution in [-0.4, -0.2) is 25.8 Å². The SMILES string of the molecule is O=S(=O)(NCc1ccc(Br)cc1)N1CCCC1. The Bertz CT molecular complexity index is 467. The monoisotopic (exact) mass is 318 g/mol. The molecule has 0 amide bonds. The highest BCUT2D eigenvalue weighted by Crippen LogP contribution is 2.13. The molecule has 0 bridgehead atoms. The Balaban J connectivity index is 1.95. The number of halogens is 1. The number of nitrogens with one attached hydrogen (secondary N) is 1. The first kappa shape index (κ1) is 13.0. The second-order valence-corrected chi connectivity index (χ2v) is 6.73. The van der Waals surface area contributed by atoms with Gasteiger partial charge in [0.05, 0.1) is 0 Å². The van der Waals surface area contributed by atoms with E-state index in [1.165, 1.54) is 4.31 Å². The first-order valence-electron chi connectivity index (χ1n) is 5.57. The van der Waals surface area contributed by atoms with Gasteiger partial charge in [0.1, 0.15) is 0 Å². The summed E-state index contributed by atoms with van der Waals surface area (Å²) in [7, 11) is -3.30. The summed E-state index contributed by atoms with van der Waals surface area (Å²) in [6, 6.07) is 7.60. The quantitative estimate of drug-likeness (QED) is 0.921. The molecule has 0 unspecified atom stereocenters. The molecule has 0 atom stereocenters. The van der Waals surface area contributed by atoms with Crippen LogP contribution in [0.5, 0.6) is 0 Å². The van der Waals surface area contributed by atoms with Gasteiger partial charge in [-0.25, -0.2) is 0 Å². The topological polar surface area (TPSA) is 49.4 Å². The third kappa shape index (κ3) is 3.51. The van der Waals surface area contributed by atoms with Crippen LogP contribution in [0, 0.1) is 0 Å². The van der Waals surface area contributed by atoms with E-state index in [2.05, 4.69) is 20.7 Å².